The minimum Gasteiger partial charge on any atom is -0.464 e. The summed E-state index contributed by atoms with van der Waals surface area (Å²) in [4.78, 5) is 15.6. The van der Waals surface area contributed by atoms with Crippen molar-refractivity contribution in [2.24, 2.45) is 0 Å². The zero-order chi connectivity index (χ0) is 18.1. The molecule has 1 fully saturated rings. The van der Waals surface area contributed by atoms with Gasteiger partial charge in [0.05, 0.1) is 17.8 Å². The summed E-state index contributed by atoms with van der Waals surface area (Å²) in [5, 5.41) is 20.1. The van der Waals surface area contributed by atoms with Crippen LogP contribution in [-0.4, -0.2) is 52.2 Å². The highest BCUT2D eigenvalue weighted by Gasteiger charge is 2.51. The molecular formula is C16H24BNO6. The smallest absolute Gasteiger partial charge is 0.464 e. The fourth-order valence-corrected chi connectivity index (χ4v) is 2.29. The molecule has 0 amide bonds. The Labute approximate surface area is 142 Å². The summed E-state index contributed by atoms with van der Waals surface area (Å²) in [6.45, 7) is 9.48. The first kappa shape index (κ1) is 18.9. The molecule has 1 aromatic heterocycles. The molecule has 1 aromatic rings. The van der Waals surface area contributed by atoms with Crippen LogP contribution in [0.3, 0.4) is 0 Å². The van der Waals surface area contributed by atoms with Gasteiger partial charge in [-0.2, -0.15) is 0 Å². The van der Waals surface area contributed by atoms with E-state index in [0.29, 0.717) is 5.46 Å². The zero-order valence-electron chi connectivity index (χ0n) is 14.6. The number of hydrogen-bond donors (Lipinski definition) is 2. The number of hydrogen-bond acceptors (Lipinski definition) is 7. The van der Waals surface area contributed by atoms with E-state index in [1.165, 1.54) is 6.20 Å². The third-order valence-corrected chi connectivity index (χ3v) is 4.47. The van der Waals surface area contributed by atoms with E-state index in [2.05, 4.69) is 4.98 Å². The molecule has 0 spiro atoms. The molecule has 24 heavy (non-hydrogen) atoms. The minimum atomic E-state index is -1.68. The van der Waals surface area contributed by atoms with E-state index in [0.717, 1.165) is 0 Å². The van der Waals surface area contributed by atoms with Crippen LogP contribution in [0.25, 0.3) is 0 Å². The van der Waals surface area contributed by atoms with Crippen LogP contribution in [0, 0.1) is 0 Å². The van der Waals surface area contributed by atoms with Gasteiger partial charge >= 0.3 is 13.1 Å². The lowest BCUT2D eigenvalue weighted by molar-refractivity contribution is -0.159. The van der Waals surface area contributed by atoms with E-state index in [9.17, 15) is 15.0 Å². The Balaban J connectivity index is 2.19. The first-order valence-electron chi connectivity index (χ1n) is 7.92. The monoisotopic (exact) mass is 337 g/mol. The van der Waals surface area contributed by atoms with Crippen molar-refractivity contribution in [3.05, 3.63) is 24.0 Å². The van der Waals surface area contributed by atoms with Crippen molar-refractivity contribution in [1.82, 2.24) is 4.98 Å². The number of aliphatic hydroxyl groups is 2. The molecular weight excluding hydrogens is 313 g/mol. The number of nitrogens with zero attached hydrogens (tertiary/aromatic N) is 1. The molecule has 2 heterocycles. The van der Waals surface area contributed by atoms with Gasteiger partial charge in [0.2, 0.25) is 0 Å². The number of esters is 1. The van der Waals surface area contributed by atoms with Gasteiger partial charge in [-0.15, -0.1) is 0 Å². The largest absolute Gasteiger partial charge is 0.496 e. The fourth-order valence-electron chi connectivity index (χ4n) is 2.29. The standard InChI is InChI=1S/C16H24BNO6/c1-6-22-14(21)13(20)12(19)10-7-11(9-18-8-10)17-23-15(2,3)16(4,5)24-17/h7-9,12-13,19-20H,6H2,1-5H3. The molecule has 7 nitrogen and oxygen atoms in total. The zero-order valence-corrected chi connectivity index (χ0v) is 14.6. The highest BCUT2D eigenvalue weighted by atomic mass is 16.7. The number of carbonyl (C=O) groups is 1. The number of pyridine rings is 1. The van der Waals surface area contributed by atoms with Crippen LogP contribution in [0.1, 0.15) is 46.3 Å². The molecule has 8 heteroatoms. The van der Waals surface area contributed by atoms with Gasteiger partial charge in [-0.1, -0.05) is 6.07 Å². The average molecular weight is 337 g/mol. The third-order valence-electron chi connectivity index (χ3n) is 4.47. The number of carbonyl (C=O) groups excluding carboxylic acids is 1. The highest BCUT2D eigenvalue weighted by Crippen LogP contribution is 2.36. The van der Waals surface area contributed by atoms with Gasteiger partial charge in [-0.3, -0.25) is 4.98 Å². The number of aliphatic hydroxyl groups excluding tert-OH is 2. The molecule has 0 radical (unpaired) electrons. The van der Waals surface area contributed by atoms with Gasteiger partial charge in [0.25, 0.3) is 0 Å². The minimum absolute atomic E-state index is 0.120. The maximum atomic E-state index is 11.6. The third kappa shape index (κ3) is 3.61. The number of ether oxygens (including phenoxy) is 1. The SMILES string of the molecule is CCOC(=O)C(O)C(O)c1cncc(B2OC(C)(C)C(C)(C)O2)c1. The Morgan fingerprint density at radius 3 is 2.38 bits per heavy atom. The predicted octanol–water partition coefficient (Wildman–Crippen LogP) is 0.338. The Hall–Kier alpha value is -1.48. The lowest BCUT2D eigenvalue weighted by Crippen LogP contribution is -2.41. The maximum absolute atomic E-state index is 11.6. The lowest BCUT2D eigenvalue weighted by atomic mass is 9.79. The quantitative estimate of drug-likeness (QED) is 0.590. The number of aromatic nitrogens is 1. The van der Waals surface area contributed by atoms with Crippen molar-refractivity contribution in [3.63, 3.8) is 0 Å². The van der Waals surface area contributed by atoms with Gasteiger partial charge in [-0.05, 0) is 34.6 Å². The normalized spacial score (nSPS) is 21.4. The Morgan fingerprint density at radius 2 is 1.83 bits per heavy atom. The molecule has 0 aliphatic carbocycles. The summed E-state index contributed by atoms with van der Waals surface area (Å²) in [7, 11) is -0.644. The van der Waals surface area contributed by atoms with Gasteiger partial charge in [0.1, 0.15) is 6.10 Å². The van der Waals surface area contributed by atoms with Crippen LogP contribution in [0.2, 0.25) is 0 Å². The lowest BCUT2D eigenvalue weighted by Gasteiger charge is -2.32. The van der Waals surface area contributed by atoms with Crippen molar-refractivity contribution in [2.75, 3.05) is 6.61 Å². The summed E-state index contributed by atoms with van der Waals surface area (Å²) in [6.07, 6.45) is -0.184. The Kier molecular flexibility index (Phi) is 5.34. The summed E-state index contributed by atoms with van der Waals surface area (Å²) in [5.41, 5.74) is -0.128. The van der Waals surface area contributed by atoms with Crippen LogP contribution in [-0.2, 0) is 18.8 Å². The predicted molar refractivity (Wildman–Crippen MR) is 87.6 cm³/mol. The molecule has 1 aliphatic rings. The van der Waals surface area contributed by atoms with Crippen LogP contribution in [0.5, 0.6) is 0 Å². The summed E-state index contributed by atoms with van der Waals surface area (Å²) < 4.78 is 16.6. The second-order valence-corrected chi connectivity index (χ2v) is 6.78. The molecule has 2 rings (SSSR count). The molecule has 1 saturated heterocycles. The van der Waals surface area contributed by atoms with Gasteiger partial charge < -0.3 is 24.3 Å². The van der Waals surface area contributed by atoms with Crippen molar-refractivity contribution >= 4 is 18.6 Å². The summed E-state index contributed by atoms with van der Waals surface area (Å²) in [5.74, 6) is -0.883. The molecule has 0 bridgehead atoms. The summed E-state index contributed by atoms with van der Waals surface area (Å²) >= 11 is 0. The van der Waals surface area contributed by atoms with E-state index in [-0.39, 0.29) is 12.2 Å². The molecule has 2 unspecified atom stereocenters. The first-order valence-corrected chi connectivity index (χ1v) is 7.92. The van der Waals surface area contributed by atoms with Crippen molar-refractivity contribution in [1.29, 1.82) is 0 Å². The molecule has 0 aromatic carbocycles. The van der Waals surface area contributed by atoms with Gasteiger partial charge in [-0.25, -0.2) is 4.79 Å². The van der Waals surface area contributed by atoms with Gasteiger partial charge in [0, 0.05) is 23.4 Å². The van der Waals surface area contributed by atoms with E-state index >= 15 is 0 Å². The molecule has 0 saturated carbocycles. The summed E-state index contributed by atoms with van der Waals surface area (Å²) in [6, 6.07) is 1.60. The molecule has 1 aliphatic heterocycles. The molecule has 132 valence electrons. The van der Waals surface area contributed by atoms with Crippen LogP contribution in [0.4, 0.5) is 0 Å². The van der Waals surface area contributed by atoms with E-state index in [4.69, 9.17) is 14.0 Å². The average Bonchev–Trinajstić information content (AvgIpc) is 2.74. The topological polar surface area (TPSA) is 98.1 Å². The van der Waals surface area contributed by atoms with Crippen molar-refractivity contribution in [2.45, 2.75) is 58.0 Å². The van der Waals surface area contributed by atoms with Crippen LogP contribution >= 0.6 is 0 Å². The second kappa shape index (κ2) is 6.80. The highest BCUT2D eigenvalue weighted by molar-refractivity contribution is 6.62. The molecule has 2 atom stereocenters. The van der Waals surface area contributed by atoms with E-state index in [1.807, 2.05) is 27.7 Å². The Bertz CT molecular complexity index is 590. The first-order chi connectivity index (χ1) is 11.1. The Morgan fingerprint density at radius 1 is 1.25 bits per heavy atom. The fraction of sp³-hybridized carbons (Fsp3) is 0.625. The van der Waals surface area contributed by atoms with Crippen molar-refractivity contribution < 1.29 is 29.1 Å². The maximum Gasteiger partial charge on any atom is 0.496 e. The molecule has 2 N–H and O–H groups in total. The van der Waals surface area contributed by atoms with E-state index < -0.39 is 36.5 Å². The second-order valence-electron chi connectivity index (χ2n) is 6.78. The van der Waals surface area contributed by atoms with Crippen LogP contribution < -0.4 is 5.46 Å². The van der Waals surface area contributed by atoms with Gasteiger partial charge in [0.15, 0.2) is 6.10 Å². The number of rotatable bonds is 5. The van der Waals surface area contributed by atoms with E-state index in [1.54, 1.807) is 19.2 Å². The van der Waals surface area contributed by atoms with Crippen molar-refractivity contribution in [3.8, 4) is 0 Å². The van der Waals surface area contributed by atoms with Crippen LogP contribution in [0.15, 0.2) is 18.5 Å².